The number of rotatable bonds is 3. The van der Waals surface area contributed by atoms with Crippen LogP contribution in [0, 0.1) is 5.82 Å². The summed E-state index contributed by atoms with van der Waals surface area (Å²) in [6.45, 7) is 1.06. The average Bonchev–Trinajstić information content (AvgIpc) is 2.96. The van der Waals surface area contributed by atoms with Gasteiger partial charge in [-0.3, -0.25) is 4.79 Å². The van der Waals surface area contributed by atoms with Crippen LogP contribution in [0.25, 0.3) is 0 Å². The number of carbonyl (C=O) groups is 1. The summed E-state index contributed by atoms with van der Waals surface area (Å²) >= 11 is 0. The Balaban J connectivity index is 1.63. The molecule has 3 rings (SSSR count). The van der Waals surface area contributed by atoms with Gasteiger partial charge in [0.2, 0.25) is 5.88 Å². The van der Waals surface area contributed by atoms with Gasteiger partial charge in [0.25, 0.3) is 5.91 Å². The summed E-state index contributed by atoms with van der Waals surface area (Å²) < 4.78 is 18.9. The highest BCUT2D eigenvalue weighted by Crippen LogP contribution is 2.18. The standard InChI is InChI=1S/C15H14FN3O2/c16-12-3-1-2-11(8-12)15(20)19-7-5-13(9-19)21-14-4-6-17-10-18-14/h1-4,6,8,10,13H,5,7,9H2/t13-/m1/s1. The van der Waals surface area contributed by atoms with E-state index in [1.54, 1.807) is 23.2 Å². The molecule has 0 unspecified atom stereocenters. The zero-order chi connectivity index (χ0) is 14.7. The van der Waals surface area contributed by atoms with Crippen LogP contribution in [0.1, 0.15) is 16.8 Å². The lowest BCUT2D eigenvalue weighted by molar-refractivity contribution is 0.0770. The Morgan fingerprint density at radius 3 is 3.05 bits per heavy atom. The zero-order valence-corrected chi connectivity index (χ0v) is 11.3. The fourth-order valence-electron chi connectivity index (χ4n) is 2.33. The maximum atomic E-state index is 13.2. The third kappa shape index (κ3) is 3.16. The number of aromatic nitrogens is 2. The van der Waals surface area contributed by atoms with Gasteiger partial charge in [-0.15, -0.1) is 0 Å². The molecule has 0 saturated carbocycles. The van der Waals surface area contributed by atoms with E-state index < -0.39 is 5.82 Å². The van der Waals surface area contributed by atoms with Crippen LogP contribution in [-0.2, 0) is 0 Å². The van der Waals surface area contributed by atoms with Gasteiger partial charge in [0, 0.05) is 30.8 Å². The van der Waals surface area contributed by atoms with E-state index in [1.165, 1.54) is 24.5 Å². The smallest absolute Gasteiger partial charge is 0.254 e. The van der Waals surface area contributed by atoms with Crippen molar-refractivity contribution in [1.82, 2.24) is 14.9 Å². The quantitative estimate of drug-likeness (QED) is 0.865. The third-order valence-corrected chi connectivity index (χ3v) is 3.35. The van der Waals surface area contributed by atoms with Gasteiger partial charge in [-0.1, -0.05) is 6.07 Å². The van der Waals surface area contributed by atoms with Crippen LogP contribution in [-0.4, -0.2) is 40.0 Å². The Labute approximate surface area is 121 Å². The number of nitrogens with zero attached hydrogens (tertiary/aromatic N) is 3. The number of hydrogen-bond acceptors (Lipinski definition) is 4. The van der Waals surface area contributed by atoms with Crippen molar-refractivity contribution >= 4 is 5.91 Å². The van der Waals surface area contributed by atoms with E-state index in [0.717, 1.165) is 6.42 Å². The van der Waals surface area contributed by atoms with Crippen molar-refractivity contribution in [3.05, 3.63) is 54.2 Å². The first-order valence-corrected chi connectivity index (χ1v) is 6.70. The fourth-order valence-corrected chi connectivity index (χ4v) is 2.33. The minimum absolute atomic E-state index is 0.0996. The summed E-state index contributed by atoms with van der Waals surface area (Å²) in [5.74, 6) is -0.0906. The van der Waals surface area contributed by atoms with E-state index in [2.05, 4.69) is 9.97 Å². The van der Waals surface area contributed by atoms with Crippen LogP contribution >= 0.6 is 0 Å². The number of benzene rings is 1. The van der Waals surface area contributed by atoms with Crippen LogP contribution in [0.15, 0.2) is 42.9 Å². The topological polar surface area (TPSA) is 55.3 Å². The summed E-state index contributed by atoms with van der Waals surface area (Å²) in [6.07, 6.45) is 3.65. The predicted octanol–water partition coefficient (Wildman–Crippen LogP) is 1.91. The Bertz CT molecular complexity index is 636. The van der Waals surface area contributed by atoms with E-state index in [9.17, 15) is 9.18 Å². The molecule has 0 aliphatic carbocycles. The van der Waals surface area contributed by atoms with Crippen molar-refractivity contribution < 1.29 is 13.9 Å². The van der Waals surface area contributed by atoms with E-state index in [0.29, 0.717) is 24.5 Å². The van der Waals surface area contributed by atoms with E-state index >= 15 is 0 Å². The molecule has 0 radical (unpaired) electrons. The zero-order valence-electron chi connectivity index (χ0n) is 11.3. The lowest BCUT2D eigenvalue weighted by atomic mass is 10.2. The first-order valence-electron chi connectivity index (χ1n) is 6.70. The molecule has 1 fully saturated rings. The number of halogens is 1. The van der Waals surface area contributed by atoms with Crippen LogP contribution in [0.2, 0.25) is 0 Å². The van der Waals surface area contributed by atoms with Gasteiger partial charge in [-0.2, -0.15) is 0 Å². The molecule has 5 nitrogen and oxygen atoms in total. The first kappa shape index (κ1) is 13.5. The van der Waals surface area contributed by atoms with Crippen LogP contribution in [0.4, 0.5) is 4.39 Å². The number of carbonyl (C=O) groups excluding carboxylic acids is 1. The van der Waals surface area contributed by atoms with Gasteiger partial charge in [-0.25, -0.2) is 14.4 Å². The van der Waals surface area contributed by atoms with Crippen molar-refractivity contribution in [3.8, 4) is 5.88 Å². The molecule has 1 aromatic carbocycles. The van der Waals surface area contributed by atoms with Crippen molar-refractivity contribution in [2.75, 3.05) is 13.1 Å². The molecule has 2 aromatic rings. The highest BCUT2D eigenvalue weighted by atomic mass is 19.1. The molecule has 1 saturated heterocycles. The minimum atomic E-state index is -0.408. The summed E-state index contributed by atoms with van der Waals surface area (Å²) in [5.41, 5.74) is 0.359. The maximum Gasteiger partial charge on any atom is 0.254 e. The lowest BCUT2D eigenvalue weighted by Crippen LogP contribution is -2.31. The first-order chi connectivity index (χ1) is 10.2. The summed E-state index contributed by atoms with van der Waals surface area (Å²) in [4.78, 5) is 21.8. The van der Waals surface area contributed by atoms with E-state index in [-0.39, 0.29) is 12.0 Å². The second kappa shape index (κ2) is 5.87. The molecule has 1 aliphatic rings. The second-order valence-electron chi connectivity index (χ2n) is 4.84. The van der Waals surface area contributed by atoms with Crippen molar-refractivity contribution in [1.29, 1.82) is 0 Å². The molecule has 2 heterocycles. The van der Waals surface area contributed by atoms with Crippen molar-refractivity contribution in [3.63, 3.8) is 0 Å². The summed E-state index contributed by atoms with van der Waals surface area (Å²) in [6, 6.07) is 7.40. The predicted molar refractivity (Wildman–Crippen MR) is 73.4 cm³/mol. The van der Waals surface area contributed by atoms with Crippen molar-refractivity contribution in [2.24, 2.45) is 0 Å². The van der Waals surface area contributed by atoms with Gasteiger partial charge in [0.1, 0.15) is 18.2 Å². The van der Waals surface area contributed by atoms with Crippen LogP contribution < -0.4 is 4.74 Å². The number of hydrogen-bond donors (Lipinski definition) is 0. The minimum Gasteiger partial charge on any atom is -0.472 e. The van der Waals surface area contributed by atoms with Gasteiger partial charge < -0.3 is 9.64 Å². The number of ether oxygens (including phenoxy) is 1. The molecule has 21 heavy (non-hydrogen) atoms. The molecule has 1 aromatic heterocycles. The van der Waals surface area contributed by atoms with E-state index in [4.69, 9.17) is 4.74 Å². The van der Waals surface area contributed by atoms with Crippen LogP contribution in [0.5, 0.6) is 5.88 Å². The normalized spacial score (nSPS) is 17.8. The Morgan fingerprint density at radius 2 is 2.29 bits per heavy atom. The molecule has 0 spiro atoms. The van der Waals surface area contributed by atoms with Gasteiger partial charge in [0.15, 0.2) is 0 Å². The number of amides is 1. The molecule has 0 N–H and O–H groups in total. The van der Waals surface area contributed by atoms with Crippen molar-refractivity contribution in [2.45, 2.75) is 12.5 Å². The summed E-state index contributed by atoms with van der Waals surface area (Å²) in [7, 11) is 0. The molecule has 0 bridgehead atoms. The monoisotopic (exact) mass is 287 g/mol. The molecular weight excluding hydrogens is 273 g/mol. The van der Waals surface area contributed by atoms with Gasteiger partial charge >= 0.3 is 0 Å². The molecule has 6 heteroatoms. The van der Waals surface area contributed by atoms with Crippen LogP contribution in [0.3, 0.4) is 0 Å². The largest absolute Gasteiger partial charge is 0.472 e. The maximum absolute atomic E-state index is 13.2. The lowest BCUT2D eigenvalue weighted by Gasteiger charge is -2.17. The highest BCUT2D eigenvalue weighted by Gasteiger charge is 2.28. The molecule has 1 atom stereocenters. The van der Waals surface area contributed by atoms with E-state index in [1.807, 2.05) is 0 Å². The second-order valence-corrected chi connectivity index (χ2v) is 4.84. The SMILES string of the molecule is O=C(c1cccc(F)c1)N1CC[C@@H](Oc2ccncn2)C1. The molecule has 1 aliphatic heterocycles. The Kier molecular flexibility index (Phi) is 3.77. The summed E-state index contributed by atoms with van der Waals surface area (Å²) in [5, 5.41) is 0. The Hall–Kier alpha value is -2.50. The van der Waals surface area contributed by atoms with Gasteiger partial charge in [-0.05, 0) is 18.2 Å². The molecule has 1 amide bonds. The average molecular weight is 287 g/mol. The fraction of sp³-hybridized carbons (Fsp3) is 0.267. The Morgan fingerprint density at radius 1 is 1.38 bits per heavy atom. The number of likely N-dealkylation sites (tertiary alicyclic amines) is 1. The molecular formula is C15H14FN3O2. The van der Waals surface area contributed by atoms with Gasteiger partial charge in [0.05, 0.1) is 6.54 Å². The third-order valence-electron chi connectivity index (χ3n) is 3.35. The highest BCUT2D eigenvalue weighted by molar-refractivity contribution is 5.94. The molecule has 108 valence electrons.